The van der Waals surface area contributed by atoms with Crippen LogP contribution in [0.1, 0.15) is 66.4 Å². The summed E-state index contributed by atoms with van der Waals surface area (Å²) in [7, 11) is 0. The molecule has 20 heavy (non-hydrogen) atoms. The maximum Gasteiger partial charge on any atom is 0.254 e. The number of nitrogens with zero attached hydrogens (tertiary/aromatic N) is 1. The summed E-state index contributed by atoms with van der Waals surface area (Å²) in [5.74, 6) is 0.226. The highest BCUT2D eigenvalue weighted by Crippen LogP contribution is 2.39. The predicted octanol–water partition coefficient (Wildman–Crippen LogP) is 2.92. The first-order valence-electron chi connectivity index (χ1n) is 7.91. The number of carbonyl (C=O) groups excluding carboxylic acids is 1. The lowest BCUT2D eigenvalue weighted by molar-refractivity contribution is 0.0766. The van der Waals surface area contributed by atoms with Crippen LogP contribution in [0, 0.1) is 0 Å². The van der Waals surface area contributed by atoms with Gasteiger partial charge in [0.1, 0.15) is 0 Å². The first-order valence-corrected chi connectivity index (χ1v) is 7.91. The predicted molar refractivity (Wildman–Crippen MR) is 78.3 cm³/mol. The van der Waals surface area contributed by atoms with Crippen molar-refractivity contribution in [3.63, 3.8) is 0 Å². The largest absolute Gasteiger partial charge is 0.331 e. The Kier molecular flexibility index (Phi) is 2.68. The van der Waals surface area contributed by atoms with Crippen LogP contribution in [0.3, 0.4) is 0 Å². The van der Waals surface area contributed by atoms with E-state index >= 15 is 0 Å². The Morgan fingerprint density at radius 2 is 1.90 bits per heavy atom. The fraction of sp³-hybridized carbons (Fsp3) is 0.588. The van der Waals surface area contributed by atoms with Crippen LogP contribution in [0.5, 0.6) is 0 Å². The van der Waals surface area contributed by atoms with E-state index in [2.05, 4.69) is 18.2 Å². The molecule has 0 atom stereocenters. The molecule has 3 heteroatoms. The zero-order valence-electron chi connectivity index (χ0n) is 11.9. The fourth-order valence-electron chi connectivity index (χ4n) is 3.79. The summed E-state index contributed by atoms with van der Waals surface area (Å²) in [5, 5.41) is 0. The molecule has 0 bridgehead atoms. The Hall–Kier alpha value is -1.35. The molecule has 2 N–H and O–H groups in total. The first kappa shape index (κ1) is 12.4. The van der Waals surface area contributed by atoms with E-state index in [0.717, 1.165) is 24.9 Å². The molecule has 2 fully saturated rings. The van der Waals surface area contributed by atoms with Crippen LogP contribution in [0.25, 0.3) is 0 Å². The van der Waals surface area contributed by atoms with Gasteiger partial charge in [-0.05, 0) is 42.9 Å². The maximum absolute atomic E-state index is 12.5. The Morgan fingerprint density at radius 1 is 1.15 bits per heavy atom. The molecule has 1 aliphatic heterocycles. The van der Waals surface area contributed by atoms with Gasteiger partial charge in [-0.15, -0.1) is 0 Å². The van der Waals surface area contributed by atoms with Crippen molar-refractivity contribution in [3.8, 4) is 0 Å². The lowest BCUT2D eigenvalue weighted by Gasteiger charge is -2.34. The van der Waals surface area contributed by atoms with Gasteiger partial charge in [-0.1, -0.05) is 31.4 Å². The van der Waals surface area contributed by atoms with Crippen molar-refractivity contribution in [1.29, 1.82) is 0 Å². The van der Waals surface area contributed by atoms with Crippen LogP contribution in [0.4, 0.5) is 0 Å². The second kappa shape index (κ2) is 4.32. The quantitative estimate of drug-likeness (QED) is 0.898. The number of amides is 1. The second-order valence-corrected chi connectivity index (χ2v) is 6.75. The van der Waals surface area contributed by atoms with Crippen molar-refractivity contribution in [3.05, 3.63) is 34.9 Å². The van der Waals surface area contributed by atoms with Gasteiger partial charge in [-0.2, -0.15) is 0 Å². The van der Waals surface area contributed by atoms with Gasteiger partial charge >= 0.3 is 0 Å². The Morgan fingerprint density at radius 3 is 2.60 bits per heavy atom. The van der Waals surface area contributed by atoms with Crippen molar-refractivity contribution in [1.82, 2.24) is 4.90 Å². The number of fused-ring (bicyclic) bond motifs is 1. The minimum absolute atomic E-state index is 0.208. The van der Waals surface area contributed by atoms with Crippen LogP contribution in [0.2, 0.25) is 0 Å². The summed E-state index contributed by atoms with van der Waals surface area (Å²) in [6, 6.07) is 6.88. The van der Waals surface area contributed by atoms with E-state index in [-0.39, 0.29) is 11.4 Å². The second-order valence-electron chi connectivity index (χ2n) is 6.75. The maximum atomic E-state index is 12.5. The highest BCUT2D eigenvalue weighted by Gasteiger charge is 2.39. The van der Waals surface area contributed by atoms with Crippen molar-refractivity contribution >= 4 is 5.91 Å². The van der Waals surface area contributed by atoms with Gasteiger partial charge in [0.25, 0.3) is 5.91 Å². The molecule has 106 valence electrons. The number of carbonyl (C=O) groups is 1. The summed E-state index contributed by atoms with van der Waals surface area (Å²) in [4.78, 5) is 14.5. The fourth-order valence-corrected chi connectivity index (χ4v) is 3.79. The monoisotopic (exact) mass is 270 g/mol. The molecule has 3 aliphatic rings. The molecular weight excluding hydrogens is 248 g/mol. The van der Waals surface area contributed by atoms with E-state index in [0.29, 0.717) is 6.04 Å². The average molecular weight is 270 g/mol. The molecule has 1 aromatic rings. The van der Waals surface area contributed by atoms with Crippen LogP contribution in [-0.4, -0.2) is 16.8 Å². The summed E-state index contributed by atoms with van der Waals surface area (Å²) in [6.07, 6.45) is 8.14. The van der Waals surface area contributed by atoms with Gasteiger partial charge in [0.2, 0.25) is 0 Å². The van der Waals surface area contributed by atoms with Gasteiger partial charge < -0.3 is 10.6 Å². The van der Waals surface area contributed by atoms with E-state index in [1.54, 1.807) is 0 Å². The molecule has 0 unspecified atom stereocenters. The van der Waals surface area contributed by atoms with Crippen LogP contribution in [-0.2, 0) is 12.1 Å². The third-order valence-electron chi connectivity index (χ3n) is 5.25. The molecule has 1 amide bonds. The SMILES string of the molecule is NC1(c2ccc3c(c2)C(=O)N(C2CC2)C3)CCCCC1. The molecule has 4 rings (SSSR count). The van der Waals surface area contributed by atoms with Crippen molar-refractivity contribution in [2.75, 3.05) is 0 Å². The molecule has 0 radical (unpaired) electrons. The summed E-state index contributed by atoms with van der Waals surface area (Å²) in [6.45, 7) is 0.802. The Balaban J connectivity index is 1.67. The van der Waals surface area contributed by atoms with Crippen LogP contribution >= 0.6 is 0 Å². The van der Waals surface area contributed by atoms with Gasteiger partial charge in [-0.25, -0.2) is 0 Å². The van der Waals surface area contributed by atoms with Crippen LogP contribution in [0.15, 0.2) is 18.2 Å². The third-order valence-corrected chi connectivity index (χ3v) is 5.25. The van der Waals surface area contributed by atoms with Crippen molar-refractivity contribution in [2.45, 2.75) is 63.1 Å². The van der Waals surface area contributed by atoms with E-state index in [4.69, 9.17) is 5.73 Å². The Labute approximate surface area is 120 Å². The summed E-state index contributed by atoms with van der Waals surface area (Å²) in [5.41, 5.74) is 9.65. The molecule has 2 saturated carbocycles. The number of rotatable bonds is 2. The minimum atomic E-state index is -0.208. The molecule has 0 aromatic heterocycles. The average Bonchev–Trinajstić information content (AvgIpc) is 3.25. The lowest BCUT2D eigenvalue weighted by atomic mass is 9.77. The molecule has 0 spiro atoms. The van der Waals surface area contributed by atoms with E-state index in [9.17, 15) is 4.79 Å². The van der Waals surface area contributed by atoms with Gasteiger partial charge in [-0.3, -0.25) is 4.79 Å². The highest BCUT2D eigenvalue weighted by molar-refractivity contribution is 5.99. The molecule has 3 nitrogen and oxygen atoms in total. The standard InChI is InChI=1S/C17H22N2O/c18-17(8-2-1-3-9-17)13-5-4-12-11-19(14-6-7-14)16(20)15(12)10-13/h4-5,10,14H,1-3,6-9,11,18H2. The highest BCUT2D eigenvalue weighted by atomic mass is 16.2. The van der Waals surface area contributed by atoms with E-state index in [1.807, 2.05) is 4.90 Å². The third kappa shape index (κ3) is 1.87. The zero-order valence-corrected chi connectivity index (χ0v) is 11.9. The molecule has 2 aliphatic carbocycles. The number of hydrogen-bond donors (Lipinski definition) is 1. The summed E-state index contributed by atoms with van der Waals surface area (Å²) >= 11 is 0. The number of hydrogen-bond acceptors (Lipinski definition) is 2. The first-order chi connectivity index (χ1) is 9.67. The lowest BCUT2D eigenvalue weighted by Crippen LogP contribution is -2.38. The number of benzene rings is 1. The molecule has 1 aromatic carbocycles. The van der Waals surface area contributed by atoms with Gasteiger partial charge in [0.05, 0.1) is 0 Å². The van der Waals surface area contributed by atoms with Crippen LogP contribution < -0.4 is 5.73 Å². The number of nitrogens with two attached hydrogens (primary N) is 1. The summed E-state index contributed by atoms with van der Waals surface area (Å²) < 4.78 is 0. The smallest absolute Gasteiger partial charge is 0.254 e. The molecule has 0 saturated heterocycles. The van der Waals surface area contributed by atoms with Crippen molar-refractivity contribution < 1.29 is 4.79 Å². The van der Waals surface area contributed by atoms with Gasteiger partial charge in [0.15, 0.2) is 0 Å². The van der Waals surface area contributed by atoms with E-state index < -0.39 is 0 Å². The zero-order chi connectivity index (χ0) is 13.7. The minimum Gasteiger partial charge on any atom is -0.331 e. The molecular formula is C17H22N2O. The molecule has 1 heterocycles. The normalized spacial score (nSPS) is 24.9. The topological polar surface area (TPSA) is 46.3 Å². The van der Waals surface area contributed by atoms with Crippen molar-refractivity contribution in [2.24, 2.45) is 5.73 Å². The van der Waals surface area contributed by atoms with E-state index in [1.165, 1.54) is 43.2 Å². The van der Waals surface area contributed by atoms with Gasteiger partial charge in [0, 0.05) is 23.7 Å². The Bertz CT molecular complexity index is 556.